The molecule has 6 heteroatoms. The molecule has 0 saturated heterocycles. The minimum Gasteiger partial charge on any atom is -0.361 e. The third-order valence-electron chi connectivity index (χ3n) is 2.14. The van der Waals surface area contributed by atoms with Crippen LogP contribution in [-0.2, 0) is 0 Å². The Bertz CT molecular complexity index is 384. The largest absolute Gasteiger partial charge is 0.361 e. The van der Waals surface area contributed by atoms with Gasteiger partial charge in [0.25, 0.3) is 5.91 Å². The van der Waals surface area contributed by atoms with Gasteiger partial charge in [0.05, 0.1) is 0 Å². The fourth-order valence-corrected chi connectivity index (χ4v) is 1.82. The topological polar surface area (TPSA) is 53.2 Å². The first kappa shape index (κ1) is 14.8. The van der Waals surface area contributed by atoms with Crippen LogP contribution in [0.3, 0.4) is 0 Å². The quantitative estimate of drug-likeness (QED) is 0.435. The molecule has 1 rings (SSSR count). The van der Waals surface area contributed by atoms with Crippen molar-refractivity contribution in [2.75, 3.05) is 18.6 Å². The third kappa shape index (κ3) is 5.88. The van der Waals surface area contributed by atoms with Gasteiger partial charge in [-0.3, -0.25) is 15.6 Å². The van der Waals surface area contributed by atoms with E-state index >= 15 is 0 Å². The third-order valence-corrected chi connectivity index (χ3v) is 3.08. The number of hydrogen-bond acceptors (Lipinski definition) is 3. The maximum atomic E-state index is 11.7. The summed E-state index contributed by atoms with van der Waals surface area (Å²) in [6.45, 7) is 0.799. The van der Waals surface area contributed by atoms with Gasteiger partial charge in [0.2, 0.25) is 0 Å². The number of thiocarbonyl (C=S) groups is 1. The monoisotopic (exact) mass is 283 g/mol. The molecule has 0 unspecified atom stereocenters. The lowest BCUT2D eigenvalue weighted by Crippen LogP contribution is -2.47. The van der Waals surface area contributed by atoms with Crippen molar-refractivity contribution in [3.05, 3.63) is 35.9 Å². The average molecular weight is 283 g/mol. The first-order valence-corrected chi connectivity index (χ1v) is 7.42. The summed E-state index contributed by atoms with van der Waals surface area (Å²) >= 11 is 6.82. The van der Waals surface area contributed by atoms with Crippen molar-refractivity contribution in [2.45, 2.75) is 6.42 Å². The molecule has 3 N–H and O–H groups in total. The number of benzene rings is 1. The highest BCUT2D eigenvalue weighted by Crippen LogP contribution is 1.96. The van der Waals surface area contributed by atoms with E-state index in [1.807, 2.05) is 18.2 Å². The number of carbonyl (C=O) groups excluding carboxylic acids is 1. The van der Waals surface area contributed by atoms with Gasteiger partial charge in [0.15, 0.2) is 5.11 Å². The van der Waals surface area contributed by atoms with Crippen LogP contribution in [0.5, 0.6) is 0 Å². The van der Waals surface area contributed by atoms with Crippen molar-refractivity contribution in [3.63, 3.8) is 0 Å². The zero-order valence-electron chi connectivity index (χ0n) is 10.2. The molecule has 0 fully saturated rings. The van der Waals surface area contributed by atoms with Crippen LogP contribution in [0, 0.1) is 0 Å². The lowest BCUT2D eigenvalue weighted by atomic mass is 10.2. The molecular formula is C12H17N3OS2. The van der Waals surface area contributed by atoms with Gasteiger partial charge in [-0.15, -0.1) is 0 Å². The van der Waals surface area contributed by atoms with Crippen molar-refractivity contribution >= 4 is 35.0 Å². The second-order valence-corrected chi connectivity index (χ2v) is 4.94. The standard InChI is InChI=1S/C12H17N3OS2/c1-18-9-5-8-13-12(17)15-14-11(16)10-6-3-2-4-7-10/h2-4,6-7H,5,8-9H2,1H3,(H,14,16)(H2,13,15,17). The predicted molar refractivity (Wildman–Crippen MR) is 80.6 cm³/mol. The molecule has 0 aliphatic rings. The molecule has 0 bridgehead atoms. The molecule has 0 atom stereocenters. The number of hydrogen-bond donors (Lipinski definition) is 3. The maximum absolute atomic E-state index is 11.7. The average Bonchev–Trinajstić information content (AvgIpc) is 2.42. The molecular weight excluding hydrogens is 266 g/mol. The zero-order chi connectivity index (χ0) is 13.2. The smallest absolute Gasteiger partial charge is 0.269 e. The van der Waals surface area contributed by atoms with Crippen molar-refractivity contribution < 1.29 is 4.79 Å². The highest BCUT2D eigenvalue weighted by Gasteiger charge is 2.03. The molecule has 1 aromatic rings. The van der Waals surface area contributed by atoms with Gasteiger partial charge in [0, 0.05) is 12.1 Å². The number of thioether (sulfide) groups is 1. The fraction of sp³-hybridized carbons (Fsp3) is 0.333. The summed E-state index contributed by atoms with van der Waals surface area (Å²) in [5, 5.41) is 3.45. The van der Waals surface area contributed by atoms with Crippen LogP contribution >= 0.6 is 24.0 Å². The summed E-state index contributed by atoms with van der Waals surface area (Å²) in [6.07, 6.45) is 3.10. The lowest BCUT2D eigenvalue weighted by molar-refractivity contribution is 0.0943. The van der Waals surface area contributed by atoms with Crippen LogP contribution in [0.15, 0.2) is 30.3 Å². The van der Waals surface area contributed by atoms with E-state index in [2.05, 4.69) is 22.4 Å². The van der Waals surface area contributed by atoms with Crippen LogP contribution in [0.2, 0.25) is 0 Å². The molecule has 1 amide bonds. The molecule has 0 aromatic heterocycles. The van der Waals surface area contributed by atoms with Crippen LogP contribution in [0.4, 0.5) is 0 Å². The molecule has 0 aliphatic heterocycles. The maximum Gasteiger partial charge on any atom is 0.269 e. The summed E-state index contributed by atoms with van der Waals surface area (Å²) in [7, 11) is 0. The van der Waals surface area contributed by atoms with E-state index in [1.54, 1.807) is 23.9 Å². The van der Waals surface area contributed by atoms with Crippen LogP contribution < -0.4 is 16.2 Å². The Morgan fingerprint density at radius 1 is 1.28 bits per heavy atom. The van der Waals surface area contributed by atoms with Crippen LogP contribution in [-0.4, -0.2) is 29.6 Å². The normalized spacial score (nSPS) is 9.61. The molecule has 0 saturated carbocycles. The van der Waals surface area contributed by atoms with Crippen molar-refractivity contribution in [2.24, 2.45) is 0 Å². The Balaban J connectivity index is 2.20. The van der Waals surface area contributed by atoms with Gasteiger partial charge >= 0.3 is 0 Å². The summed E-state index contributed by atoms with van der Waals surface area (Å²) in [6, 6.07) is 8.97. The van der Waals surface area contributed by atoms with Crippen molar-refractivity contribution in [1.82, 2.24) is 16.2 Å². The number of amides is 1. The van der Waals surface area contributed by atoms with E-state index in [9.17, 15) is 4.79 Å². The first-order valence-electron chi connectivity index (χ1n) is 5.62. The molecule has 1 aromatic carbocycles. The predicted octanol–water partition coefficient (Wildman–Crippen LogP) is 1.55. The minimum absolute atomic E-state index is 0.205. The number of nitrogens with one attached hydrogen (secondary N) is 3. The Hall–Kier alpha value is -1.27. The van der Waals surface area contributed by atoms with Crippen molar-refractivity contribution in [3.8, 4) is 0 Å². The van der Waals surface area contributed by atoms with E-state index in [1.165, 1.54) is 0 Å². The number of hydrazine groups is 1. The Morgan fingerprint density at radius 2 is 2.00 bits per heavy atom. The number of carbonyl (C=O) groups is 1. The molecule has 98 valence electrons. The van der Waals surface area contributed by atoms with Crippen LogP contribution in [0.1, 0.15) is 16.8 Å². The van der Waals surface area contributed by atoms with Crippen LogP contribution in [0.25, 0.3) is 0 Å². The van der Waals surface area contributed by atoms with E-state index in [0.29, 0.717) is 10.7 Å². The highest BCUT2D eigenvalue weighted by molar-refractivity contribution is 7.98. The second-order valence-electron chi connectivity index (χ2n) is 3.55. The van der Waals surface area contributed by atoms with E-state index < -0.39 is 0 Å². The van der Waals surface area contributed by atoms with Gasteiger partial charge in [-0.2, -0.15) is 11.8 Å². The first-order chi connectivity index (χ1) is 8.74. The molecule has 4 nitrogen and oxygen atoms in total. The van der Waals surface area contributed by atoms with E-state index in [4.69, 9.17) is 12.2 Å². The van der Waals surface area contributed by atoms with Gasteiger partial charge in [0.1, 0.15) is 0 Å². The van der Waals surface area contributed by atoms with Gasteiger partial charge < -0.3 is 5.32 Å². The summed E-state index contributed by atoms with van der Waals surface area (Å²) in [5.74, 6) is 0.885. The molecule has 18 heavy (non-hydrogen) atoms. The molecule has 0 heterocycles. The van der Waals surface area contributed by atoms with Gasteiger partial charge in [-0.1, -0.05) is 18.2 Å². The lowest BCUT2D eigenvalue weighted by Gasteiger charge is -2.11. The zero-order valence-corrected chi connectivity index (χ0v) is 11.9. The van der Waals surface area contributed by atoms with Crippen molar-refractivity contribution in [1.29, 1.82) is 0 Å². The van der Waals surface area contributed by atoms with E-state index in [0.717, 1.165) is 18.7 Å². The SMILES string of the molecule is CSCCCNC(=S)NNC(=O)c1ccccc1. The fourth-order valence-electron chi connectivity index (χ4n) is 1.24. The summed E-state index contributed by atoms with van der Waals surface area (Å²) in [5.41, 5.74) is 5.81. The minimum atomic E-state index is -0.205. The molecule has 0 aliphatic carbocycles. The van der Waals surface area contributed by atoms with Gasteiger partial charge in [-0.05, 0) is 42.8 Å². The Kier molecular flexibility index (Phi) is 7.20. The highest BCUT2D eigenvalue weighted by atomic mass is 32.2. The summed E-state index contributed by atoms with van der Waals surface area (Å²) < 4.78 is 0. The summed E-state index contributed by atoms with van der Waals surface area (Å²) in [4.78, 5) is 11.7. The molecule has 0 spiro atoms. The Labute approximate surface area is 117 Å². The Morgan fingerprint density at radius 3 is 2.67 bits per heavy atom. The number of rotatable bonds is 5. The molecule has 0 radical (unpaired) electrons. The van der Waals surface area contributed by atoms with E-state index in [-0.39, 0.29) is 5.91 Å². The van der Waals surface area contributed by atoms with Gasteiger partial charge in [-0.25, -0.2) is 0 Å². The second kappa shape index (κ2) is 8.77.